The van der Waals surface area contributed by atoms with Crippen LogP contribution in [0.15, 0.2) is 65.8 Å². The van der Waals surface area contributed by atoms with Crippen molar-refractivity contribution in [1.82, 2.24) is 14.1 Å². The second-order valence-electron chi connectivity index (χ2n) is 8.35. The molecule has 1 fully saturated rings. The summed E-state index contributed by atoms with van der Waals surface area (Å²) in [4.78, 5) is 30.8. The molecule has 2 aromatic carbocycles. The lowest BCUT2D eigenvalue weighted by Crippen LogP contribution is -2.24. The molecular formula is C25H24N4O2. The molecule has 0 radical (unpaired) electrons. The molecule has 0 saturated heterocycles. The first kappa shape index (κ1) is 19.3. The number of nitrogens with zero attached hydrogens (tertiary/aromatic N) is 3. The van der Waals surface area contributed by atoms with Crippen molar-refractivity contribution < 1.29 is 4.79 Å². The van der Waals surface area contributed by atoms with Crippen molar-refractivity contribution in [1.29, 1.82) is 0 Å². The highest BCUT2D eigenvalue weighted by Gasteiger charge is 2.27. The van der Waals surface area contributed by atoms with E-state index in [2.05, 4.69) is 16.4 Å². The zero-order chi connectivity index (χ0) is 21.5. The normalized spacial score (nSPS) is 13.5. The maximum atomic E-state index is 13.3. The van der Waals surface area contributed by atoms with Crippen LogP contribution in [0.4, 0.5) is 5.69 Å². The number of nitrogens with one attached hydrogen (secondary N) is 1. The molecule has 1 N–H and O–H groups in total. The van der Waals surface area contributed by atoms with E-state index in [0.717, 1.165) is 40.8 Å². The number of anilines is 1. The monoisotopic (exact) mass is 412 g/mol. The van der Waals surface area contributed by atoms with Gasteiger partial charge >= 0.3 is 0 Å². The first-order valence-corrected chi connectivity index (χ1v) is 10.5. The highest BCUT2D eigenvalue weighted by molar-refractivity contribution is 5.95. The largest absolute Gasteiger partial charge is 0.332 e. The summed E-state index contributed by atoms with van der Waals surface area (Å²) in [5.74, 6) is -0.178. The number of hydrogen-bond acceptors (Lipinski definition) is 3. The van der Waals surface area contributed by atoms with Gasteiger partial charge in [-0.15, -0.1) is 0 Å². The molecule has 1 aliphatic rings. The molecule has 6 nitrogen and oxygen atoms in total. The van der Waals surface area contributed by atoms with Crippen LogP contribution in [0.3, 0.4) is 0 Å². The van der Waals surface area contributed by atoms with Gasteiger partial charge in [-0.1, -0.05) is 36.4 Å². The van der Waals surface area contributed by atoms with E-state index in [1.807, 2.05) is 62.5 Å². The lowest BCUT2D eigenvalue weighted by molar-refractivity contribution is -0.116. The van der Waals surface area contributed by atoms with E-state index >= 15 is 0 Å². The van der Waals surface area contributed by atoms with Gasteiger partial charge in [0.1, 0.15) is 17.6 Å². The third kappa shape index (κ3) is 3.77. The number of benzene rings is 2. The molecule has 2 aromatic heterocycles. The fourth-order valence-electron chi connectivity index (χ4n) is 4.16. The van der Waals surface area contributed by atoms with Crippen molar-refractivity contribution in [3.05, 3.63) is 82.5 Å². The fraction of sp³-hybridized carbons (Fsp3) is 0.240. The molecule has 1 saturated carbocycles. The van der Waals surface area contributed by atoms with Crippen molar-refractivity contribution in [2.24, 2.45) is 0 Å². The topological polar surface area (TPSA) is 68.9 Å². The lowest BCUT2D eigenvalue weighted by Gasteiger charge is -2.09. The van der Waals surface area contributed by atoms with Crippen LogP contribution in [-0.2, 0) is 11.3 Å². The van der Waals surface area contributed by atoms with Gasteiger partial charge in [-0.2, -0.15) is 0 Å². The Balaban J connectivity index is 1.56. The van der Waals surface area contributed by atoms with Crippen molar-refractivity contribution in [2.75, 3.05) is 5.32 Å². The summed E-state index contributed by atoms with van der Waals surface area (Å²) >= 11 is 0. The molecule has 156 valence electrons. The zero-order valence-corrected chi connectivity index (χ0v) is 17.6. The third-order valence-corrected chi connectivity index (χ3v) is 5.64. The summed E-state index contributed by atoms with van der Waals surface area (Å²) in [6.07, 6.45) is 5.50. The van der Waals surface area contributed by atoms with E-state index in [-0.39, 0.29) is 24.1 Å². The van der Waals surface area contributed by atoms with Crippen LogP contribution in [0.25, 0.3) is 22.2 Å². The van der Waals surface area contributed by atoms with Gasteiger partial charge in [-0.3, -0.25) is 14.2 Å². The smallest absolute Gasteiger partial charge is 0.278 e. The first-order chi connectivity index (χ1) is 15.0. The van der Waals surface area contributed by atoms with E-state index in [1.54, 1.807) is 15.5 Å². The average Bonchev–Trinajstić information content (AvgIpc) is 3.50. The van der Waals surface area contributed by atoms with Gasteiger partial charge < -0.3 is 9.88 Å². The molecule has 0 unspecified atom stereocenters. The molecule has 4 aromatic rings. The molecular weight excluding hydrogens is 388 g/mol. The van der Waals surface area contributed by atoms with Crippen molar-refractivity contribution in [3.63, 3.8) is 0 Å². The number of fused-ring (bicyclic) bond motifs is 1. The summed E-state index contributed by atoms with van der Waals surface area (Å²) in [7, 11) is 0. The minimum Gasteiger partial charge on any atom is -0.332 e. The standard InChI is InChI=1S/C25H24N4O2/c1-16-10-17(2)12-19(11-16)27-22(30)14-28-13-21(18-6-4-3-5-7-18)23-24(28)25(31)29(15-26-23)20-8-9-20/h3-7,10-13,15,20H,8-9,14H2,1-2H3,(H,27,30). The maximum Gasteiger partial charge on any atom is 0.278 e. The van der Waals surface area contributed by atoms with Gasteiger partial charge in [0.05, 0.1) is 6.33 Å². The molecule has 6 heteroatoms. The van der Waals surface area contributed by atoms with Crippen LogP contribution < -0.4 is 10.9 Å². The Morgan fingerprint density at radius 1 is 1.10 bits per heavy atom. The molecule has 1 amide bonds. The van der Waals surface area contributed by atoms with Gasteiger partial charge in [-0.25, -0.2) is 4.98 Å². The minimum atomic E-state index is -0.178. The Labute approximate surface area is 180 Å². The van der Waals surface area contributed by atoms with E-state index in [1.165, 1.54) is 0 Å². The quantitative estimate of drug-likeness (QED) is 0.526. The molecule has 0 spiro atoms. The van der Waals surface area contributed by atoms with E-state index in [9.17, 15) is 9.59 Å². The van der Waals surface area contributed by atoms with Crippen LogP contribution >= 0.6 is 0 Å². The molecule has 5 rings (SSSR count). The Hall–Kier alpha value is -3.67. The minimum absolute atomic E-state index is 0.0436. The van der Waals surface area contributed by atoms with Crippen LogP contribution in [-0.4, -0.2) is 20.0 Å². The van der Waals surface area contributed by atoms with Crippen LogP contribution in [0, 0.1) is 13.8 Å². The number of rotatable bonds is 5. The Morgan fingerprint density at radius 2 is 1.81 bits per heavy atom. The van der Waals surface area contributed by atoms with E-state index in [0.29, 0.717) is 11.0 Å². The van der Waals surface area contributed by atoms with E-state index < -0.39 is 0 Å². The van der Waals surface area contributed by atoms with Crippen LogP contribution in [0.5, 0.6) is 0 Å². The SMILES string of the molecule is Cc1cc(C)cc(NC(=O)Cn2cc(-c3ccccc3)c3ncn(C4CC4)c(=O)c32)c1. The predicted octanol–water partition coefficient (Wildman–Crippen LogP) is 4.46. The van der Waals surface area contributed by atoms with Crippen LogP contribution in [0.1, 0.15) is 30.0 Å². The van der Waals surface area contributed by atoms with Gasteiger partial charge in [0.2, 0.25) is 5.91 Å². The highest BCUT2D eigenvalue weighted by Crippen LogP contribution is 2.34. The number of carbonyl (C=O) groups is 1. The number of carbonyl (C=O) groups excluding carboxylic acids is 1. The maximum absolute atomic E-state index is 13.3. The molecule has 0 atom stereocenters. The Morgan fingerprint density at radius 3 is 2.48 bits per heavy atom. The highest BCUT2D eigenvalue weighted by atomic mass is 16.2. The third-order valence-electron chi connectivity index (χ3n) is 5.64. The zero-order valence-electron chi connectivity index (χ0n) is 17.6. The van der Waals surface area contributed by atoms with Crippen molar-refractivity contribution in [3.8, 4) is 11.1 Å². The number of amides is 1. The van der Waals surface area contributed by atoms with Gasteiger partial charge in [0.25, 0.3) is 5.56 Å². The second-order valence-corrected chi connectivity index (χ2v) is 8.35. The predicted molar refractivity (Wildman–Crippen MR) is 122 cm³/mol. The molecule has 0 aliphatic heterocycles. The summed E-state index contributed by atoms with van der Waals surface area (Å²) in [6, 6.07) is 16.0. The summed E-state index contributed by atoms with van der Waals surface area (Å²) in [6.45, 7) is 4.04. The first-order valence-electron chi connectivity index (χ1n) is 10.5. The van der Waals surface area contributed by atoms with Crippen molar-refractivity contribution in [2.45, 2.75) is 39.3 Å². The molecule has 1 aliphatic carbocycles. The number of hydrogen-bond donors (Lipinski definition) is 1. The fourth-order valence-corrected chi connectivity index (χ4v) is 4.16. The summed E-state index contributed by atoms with van der Waals surface area (Å²) in [5, 5.41) is 2.97. The molecule has 31 heavy (non-hydrogen) atoms. The van der Waals surface area contributed by atoms with Crippen LogP contribution in [0.2, 0.25) is 0 Å². The van der Waals surface area contributed by atoms with E-state index in [4.69, 9.17) is 0 Å². The Kier molecular flexibility index (Phi) is 4.70. The average molecular weight is 412 g/mol. The van der Waals surface area contributed by atoms with Crippen molar-refractivity contribution >= 4 is 22.6 Å². The number of aryl methyl sites for hydroxylation is 2. The van der Waals surface area contributed by atoms with Gasteiger partial charge in [-0.05, 0) is 55.5 Å². The summed E-state index contributed by atoms with van der Waals surface area (Å²) in [5.41, 5.74) is 5.78. The lowest BCUT2D eigenvalue weighted by atomic mass is 10.1. The number of aromatic nitrogens is 3. The molecule has 2 heterocycles. The summed E-state index contributed by atoms with van der Waals surface area (Å²) < 4.78 is 3.44. The second kappa shape index (κ2) is 7.54. The molecule has 0 bridgehead atoms. The van der Waals surface area contributed by atoms with Gasteiger partial charge in [0, 0.05) is 23.5 Å². The van der Waals surface area contributed by atoms with Gasteiger partial charge in [0.15, 0.2) is 0 Å². The Bertz CT molecular complexity index is 1330.